The normalized spacial score (nSPS) is 13.9. The molecule has 1 aliphatic rings. The standard InChI is InChI=1S/C20H25N3O4/c1-25-17-11-15(12-18(26-2)19(17)27-3)23-20(24)16-10-14(8-9-21-16)22-13-6-4-5-7-13/h8-13H,4-7H2,1-3H3,(H,21,22)(H,23,24). The van der Waals surface area contributed by atoms with Crippen molar-refractivity contribution >= 4 is 17.3 Å². The zero-order valence-electron chi connectivity index (χ0n) is 15.9. The van der Waals surface area contributed by atoms with E-state index in [4.69, 9.17) is 14.2 Å². The number of hydrogen-bond donors (Lipinski definition) is 2. The Bertz CT molecular complexity index is 779. The lowest BCUT2D eigenvalue weighted by molar-refractivity contribution is 0.102. The minimum atomic E-state index is -0.306. The van der Waals surface area contributed by atoms with Crippen LogP contribution in [0.5, 0.6) is 17.2 Å². The number of ether oxygens (including phenoxy) is 3. The van der Waals surface area contributed by atoms with Crippen LogP contribution in [0, 0.1) is 0 Å². The summed E-state index contributed by atoms with van der Waals surface area (Å²) in [6.45, 7) is 0. The van der Waals surface area contributed by atoms with E-state index in [1.807, 2.05) is 6.07 Å². The predicted octanol–water partition coefficient (Wildman–Crippen LogP) is 3.71. The Morgan fingerprint density at radius 3 is 2.26 bits per heavy atom. The summed E-state index contributed by atoms with van der Waals surface area (Å²) >= 11 is 0. The number of carbonyl (C=O) groups is 1. The van der Waals surface area contributed by atoms with E-state index in [1.54, 1.807) is 24.4 Å². The molecule has 2 aromatic rings. The quantitative estimate of drug-likeness (QED) is 0.772. The van der Waals surface area contributed by atoms with Crippen LogP contribution >= 0.6 is 0 Å². The lowest BCUT2D eigenvalue weighted by Crippen LogP contribution is -2.17. The molecule has 2 N–H and O–H groups in total. The highest BCUT2D eigenvalue weighted by Crippen LogP contribution is 2.40. The maximum absolute atomic E-state index is 12.6. The van der Waals surface area contributed by atoms with E-state index in [0.29, 0.717) is 34.7 Å². The van der Waals surface area contributed by atoms with Crippen molar-refractivity contribution in [2.75, 3.05) is 32.0 Å². The molecular weight excluding hydrogens is 346 g/mol. The average molecular weight is 371 g/mol. The Balaban J connectivity index is 1.77. The fourth-order valence-corrected chi connectivity index (χ4v) is 3.30. The van der Waals surface area contributed by atoms with Gasteiger partial charge in [-0.25, -0.2) is 0 Å². The van der Waals surface area contributed by atoms with Gasteiger partial charge in [-0.05, 0) is 25.0 Å². The zero-order valence-corrected chi connectivity index (χ0v) is 15.9. The molecule has 0 atom stereocenters. The largest absolute Gasteiger partial charge is 0.493 e. The van der Waals surface area contributed by atoms with Crippen LogP contribution in [0.25, 0.3) is 0 Å². The first kappa shape index (κ1) is 18.8. The molecule has 0 unspecified atom stereocenters. The smallest absolute Gasteiger partial charge is 0.274 e. The highest BCUT2D eigenvalue weighted by atomic mass is 16.5. The van der Waals surface area contributed by atoms with Crippen molar-refractivity contribution < 1.29 is 19.0 Å². The second-order valence-corrected chi connectivity index (χ2v) is 6.42. The summed E-state index contributed by atoms with van der Waals surface area (Å²) in [5.74, 6) is 1.10. The molecule has 27 heavy (non-hydrogen) atoms. The molecule has 144 valence electrons. The molecule has 0 radical (unpaired) electrons. The van der Waals surface area contributed by atoms with Crippen molar-refractivity contribution in [1.29, 1.82) is 0 Å². The number of nitrogens with zero attached hydrogens (tertiary/aromatic N) is 1. The van der Waals surface area contributed by atoms with Gasteiger partial charge in [-0.2, -0.15) is 0 Å². The van der Waals surface area contributed by atoms with Crippen LogP contribution in [0.3, 0.4) is 0 Å². The molecule has 1 aromatic heterocycles. The second-order valence-electron chi connectivity index (χ2n) is 6.42. The maximum atomic E-state index is 12.6. The van der Waals surface area contributed by atoms with Gasteiger partial charge in [0.05, 0.1) is 21.3 Å². The van der Waals surface area contributed by atoms with Crippen LogP contribution in [0.4, 0.5) is 11.4 Å². The number of hydrogen-bond acceptors (Lipinski definition) is 6. The first-order chi connectivity index (χ1) is 13.1. The molecule has 1 heterocycles. The minimum Gasteiger partial charge on any atom is -0.493 e. The van der Waals surface area contributed by atoms with E-state index in [1.165, 1.54) is 34.2 Å². The van der Waals surface area contributed by atoms with Gasteiger partial charge in [0, 0.05) is 35.7 Å². The lowest BCUT2D eigenvalue weighted by Gasteiger charge is -2.15. The molecule has 0 saturated heterocycles. The topological polar surface area (TPSA) is 81.7 Å². The third kappa shape index (κ3) is 4.42. The number of pyridine rings is 1. The highest BCUT2D eigenvalue weighted by molar-refractivity contribution is 6.03. The van der Waals surface area contributed by atoms with Crippen molar-refractivity contribution in [3.05, 3.63) is 36.2 Å². The first-order valence-corrected chi connectivity index (χ1v) is 8.98. The van der Waals surface area contributed by atoms with Crippen LogP contribution in [0.2, 0.25) is 0 Å². The van der Waals surface area contributed by atoms with Gasteiger partial charge in [0.25, 0.3) is 5.91 Å². The van der Waals surface area contributed by atoms with Gasteiger partial charge in [0.15, 0.2) is 11.5 Å². The van der Waals surface area contributed by atoms with Crippen LogP contribution in [-0.4, -0.2) is 38.3 Å². The van der Waals surface area contributed by atoms with Gasteiger partial charge in [-0.3, -0.25) is 9.78 Å². The van der Waals surface area contributed by atoms with Crippen molar-refractivity contribution in [1.82, 2.24) is 4.98 Å². The number of carbonyl (C=O) groups excluding carboxylic acids is 1. The Labute approximate surface area is 159 Å². The molecule has 1 fully saturated rings. The number of methoxy groups -OCH3 is 3. The summed E-state index contributed by atoms with van der Waals surface area (Å²) in [6, 6.07) is 7.48. The molecule has 7 heteroatoms. The molecule has 1 aromatic carbocycles. The third-order valence-electron chi connectivity index (χ3n) is 4.64. The van der Waals surface area contributed by atoms with E-state index in [9.17, 15) is 4.79 Å². The van der Waals surface area contributed by atoms with Gasteiger partial charge in [0.2, 0.25) is 5.75 Å². The molecule has 0 spiro atoms. The van der Waals surface area contributed by atoms with E-state index < -0.39 is 0 Å². The summed E-state index contributed by atoms with van der Waals surface area (Å²) in [5.41, 5.74) is 1.78. The van der Waals surface area contributed by atoms with Crippen molar-refractivity contribution in [3.63, 3.8) is 0 Å². The zero-order chi connectivity index (χ0) is 19.2. The summed E-state index contributed by atoms with van der Waals surface area (Å²) in [7, 11) is 4.59. The summed E-state index contributed by atoms with van der Waals surface area (Å²) in [5, 5.41) is 6.31. The lowest BCUT2D eigenvalue weighted by atomic mass is 10.2. The fourth-order valence-electron chi connectivity index (χ4n) is 3.30. The maximum Gasteiger partial charge on any atom is 0.274 e. The molecule has 1 amide bonds. The molecule has 3 rings (SSSR count). The van der Waals surface area contributed by atoms with Crippen LogP contribution < -0.4 is 24.8 Å². The van der Waals surface area contributed by atoms with Crippen molar-refractivity contribution in [2.45, 2.75) is 31.7 Å². The predicted molar refractivity (Wildman–Crippen MR) is 104 cm³/mol. The monoisotopic (exact) mass is 371 g/mol. The first-order valence-electron chi connectivity index (χ1n) is 8.98. The summed E-state index contributed by atoms with van der Waals surface area (Å²) < 4.78 is 15.9. The minimum absolute atomic E-state index is 0.306. The molecular formula is C20H25N3O4. The molecule has 0 bridgehead atoms. The Morgan fingerprint density at radius 1 is 1.00 bits per heavy atom. The van der Waals surface area contributed by atoms with Crippen LogP contribution in [0.1, 0.15) is 36.2 Å². The van der Waals surface area contributed by atoms with Crippen LogP contribution in [0.15, 0.2) is 30.5 Å². The number of aromatic nitrogens is 1. The van der Waals surface area contributed by atoms with E-state index in [0.717, 1.165) is 18.5 Å². The highest BCUT2D eigenvalue weighted by Gasteiger charge is 2.17. The molecule has 1 aliphatic carbocycles. The van der Waals surface area contributed by atoms with Gasteiger partial charge < -0.3 is 24.8 Å². The molecule has 1 saturated carbocycles. The number of anilines is 2. The van der Waals surface area contributed by atoms with E-state index >= 15 is 0 Å². The second kappa shape index (κ2) is 8.62. The number of nitrogens with one attached hydrogen (secondary N) is 2. The number of benzene rings is 1. The van der Waals surface area contributed by atoms with Gasteiger partial charge in [0.1, 0.15) is 5.69 Å². The van der Waals surface area contributed by atoms with Gasteiger partial charge >= 0.3 is 0 Å². The van der Waals surface area contributed by atoms with Gasteiger partial charge in [-0.1, -0.05) is 12.8 Å². The van der Waals surface area contributed by atoms with Crippen molar-refractivity contribution in [2.24, 2.45) is 0 Å². The van der Waals surface area contributed by atoms with Crippen LogP contribution in [-0.2, 0) is 0 Å². The Hall–Kier alpha value is -2.96. The summed E-state index contributed by atoms with van der Waals surface area (Å²) in [4.78, 5) is 16.8. The number of rotatable bonds is 7. The SMILES string of the molecule is COc1cc(NC(=O)c2cc(NC3CCCC3)ccn2)cc(OC)c1OC. The Kier molecular flexibility index (Phi) is 6.01. The van der Waals surface area contributed by atoms with Crippen molar-refractivity contribution in [3.8, 4) is 17.2 Å². The average Bonchev–Trinajstić information content (AvgIpc) is 3.20. The summed E-state index contributed by atoms with van der Waals surface area (Å²) in [6.07, 6.45) is 6.46. The number of amides is 1. The molecule has 7 nitrogen and oxygen atoms in total. The third-order valence-corrected chi connectivity index (χ3v) is 4.64. The van der Waals surface area contributed by atoms with E-state index in [2.05, 4.69) is 15.6 Å². The Morgan fingerprint density at radius 2 is 1.67 bits per heavy atom. The fraction of sp³-hybridized carbons (Fsp3) is 0.400. The van der Waals surface area contributed by atoms with Gasteiger partial charge in [-0.15, -0.1) is 0 Å². The molecule has 0 aliphatic heterocycles. The van der Waals surface area contributed by atoms with E-state index in [-0.39, 0.29) is 5.91 Å².